The van der Waals surface area contributed by atoms with E-state index in [9.17, 15) is 4.79 Å². The van der Waals surface area contributed by atoms with Gasteiger partial charge in [0.15, 0.2) is 0 Å². The third-order valence-electron chi connectivity index (χ3n) is 2.00. The lowest BCUT2D eigenvalue weighted by molar-refractivity contribution is 0.0294. The first-order chi connectivity index (χ1) is 6.42. The zero-order valence-electron chi connectivity index (χ0n) is 8.91. The van der Waals surface area contributed by atoms with Crippen molar-refractivity contribution in [2.24, 2.45) is 0 Å². The van der Waals surface area contributed by atoms with Crippen molar-refractivity contribution in [3.05, 3.63) is 11.4 Å². The molecule has 0 aliphatic carbocycles. The molecule has 1 atom stereocenters. The van der Waals surface area contributed by atoms with E-state index in [1.54, 1.807) is 4.90 Å². The quantitative estimate of drug-likeness (QED) is 0.555. The Labute approximate surface area is 84.7 Å². The van der Waals surface area contributed by atoms with E-state index in [-0.39, 0.29) is 12.1 Å². The summed E-state index contributed by atoms with van der Waals surface area (Å²) in [5.74, 6) is 0. The smallest absolute Gasteiger partial charge is 0.410 e. The van der Waals surface area contributed by atoms with Crippen LogP contribution in [0, 0.1) is 6.57 Å². The van der Waals surface area contributed by atoms with E-state index < -0.39 is 5.60 Å². The van der Waals surface area contributed by atoms with Gasteiger partial charge in [0.25, 0.3) is 0 Å². The van der Waals surface area contributed by atoms with Crippen LogP contribution in [0.5, 0.6) is 0 Å². The van der Waals surface area contributed by atoms with Gasteiger partial charge in [-0.3, -0.25) is 0 Å². The van der Waals surface area contributed by atoms with Crippen molar-refractivity contribution in [2.75, 3.05) is 13.1 Å². The summed E-state index contributed by atoms with van der Waals surface area (Å²) in [6, 6.07) is -0.0393. The molecule has 14 heavy (non-hydrogen) atoms. The largest absolute Gasteiger partial charge is 0.444 e. The Morgan fingerprint density at radius 2 is 2.21 bits per heavy atom. The minimum Gasteiger partial charge on any atom is -0.444 e. The average molecular weight is 196 g/mol. The van der Waals surface area contributed by atoms with Crippen LogP contribution in [0.3, 0.4) is 0 Å². The topological polar surface area (TPSA) is 33.9 Å². The Hall–Kier alpha value is -1.24. The van der Waals surface area contributed by atoms with Gasteiger partial charge in [-0.25, -0.2) is 11.4 Å². The Balaban J connectivity index is 2.45. The summed E-state index contributed by atoms with van der Waals surface area (Å²) in [6.07, 6.45) is 0.464. The second kappa shape index (κ2) is 3.87. The van der Waals surface area contributed by atoms with E-state index >= 15 is 0 Å². The Bertz CT molecular complexity index is 262. The van der Waals surface area contributed by atoms with Crippen LogP contribution in [-0.2, 0) is 4.74 Å². The highest BCUT2D eigenvalue weighted by molar-refractivity contribution is 5.68. The number of hydrogen-bond acceptors (Lipinski definition) is 2. The highest BCUT2D eigenvalue weighted by Gasteiger charge is 2.32. The second-order valence-corrected chi connectivity index (χ2v) is 4.50. The van der Waals surface area contributed by atoms with Crippen LogP contribution in [-0.4, -0.2) is 35.7 Å². The van der Waals surface area contributed by atoms with Crippen LogP contribution in [0.4, 0.5) is 4.79 Å². The number of hydrogen-bond donors (Lipinski definition) is 0. The van der Waals surface area contributed by atoms with Crippen molar-refractivity contribution in [3.63, 3.8) is 0 Å². The molecule has 1 amide bonds. The molecule has 0 saturated carbocycles. The SMILES string of the molecule is [C-]#[N+][C@@H]1CCN(C(=O)OC(C)(C)C)C1. The minimum absolute atomic E-state index is 0.0393. The molecule has 78 valence electrons. The van der Waals surface area contributed by atoms with Crippen LogP contribution in [0.1, 0.15) is 27.2 Å². The van der Waals surface area contributed by atoms with Gasteiger partial charge in [0, 0.05) is 13.0 Å². The number of carbonyl (C=O) groups excluding carboxylic acids is 1. The fourth-order valence-electron chi connectivity index (χ4n) is 1.34. The predicted octanol–water partition coefficient (Wildman–Crippen LogP) is 1.92. The third kappa shape index (κ3) is 2.91. The van der Waals surface area contributed by atoms with Crippen LogP contribution < -0.4 is 0 Å². The molecule has 1 saturated heterocycles. The maximum absolute atomic E-state index is 11.5. The summed E-state index contributed by atoms with van der Waals surface area (Å²) in [5.41, 5.74) is -0.451. The van der Waals surface area contributed by atoms with E-state index in [4.69, 9.17) is 11.3 Å². The lowest BCUT2D eigenvalue weighted by Crippen LogP contribution is -2.35. The van der Waals surface area contributed by atoms with Gasteiger partial charge in [-0.2, -0.15) is 0 Å². The maximum atomic E-state index is 11.5. The maximum Gasteiger partial charge on any atom is 0.410 e. The molecule has 0 aromatic rings. The highest BCUT2D eigenvalue weighted by Crippen LogP contribution is 2.16. The van der Waals surface area contributed by atoms with Crippen molar-refractivity contribution in [3.8, 4) is 0 Å². The summed E-state index contributed by atoms with van der Waals surface area (Å²) < 4.78 is 5.20. The molecule has 4 heteroatoms. The van der Waals surface area contributed by atoms with Gasteiger partial charge < -0.3 is 14.5 Å². The van der Waals surface area contributed by atoms with Gasteiger partial charge in [0.2, 0.25) is 6.04 Å². The van der Waals surface area contributed by atoms with E-state index in [1.165, 1.54) is 0 Å². The van der Waals surface area contributed by atoms with Crippen LogP contribution in [0.2, 0.25) is 0 Å². The number of nitrogens with zero attached hydrogens (tertiary/aromatic N) is 2. The first kappa shape index (κ1) is 10.8. The molecular formula is C10H16N2O2. The Morgan fingerprint density at radius 3 is 2.64 bits per heavy atom. The van der Waals surface area contributed by atoms with E-state index in [2.05, 4.69) is 4.85 Å². The van der Waals surface area contributed by atoms with Gasteiger partial charge in [-0.15, -0.1) is 0 Å². The lowest BCUT2D eigenvalue weighted by atomic mass is 10.2. The summed E-state index contributed by atoms with van der Waals surface area (Å²) in [7, 11) is 0. The molecule has 0 aromatic heterocycles. The van der Waals surface area contributed by atoms with Gasteiger partial charge in [0.1, 0.15) is 5.60 Å². The van der Waals surface area contributed by atoms with E-state index in [1.807, 2.05) is 20.8 Å². The van der Waals surface area contributed by atoms with Crippen molar-refractivity contribution in [1.82, 2.24) is 4.90 Å². The molecule has 1 fully saturated rings. The minimum atomic E-state index is -0.451. The van der Waals surface area contributed by atoms with E-state index in [0.29, 0.717) is 13.1 Å². The van der Waals surface area contributed by atoms with Crippen molar-refractivity contribution >= 4 is 6.09 Å². The zero-order valence-corrected chi connectivity index (χ0v) is 8.91. The van der Waals surface area contributed by atoms with Gasteiger partial charge in [0.05, 0.1) is 6.54 Å². The molecular weight excluding hydrogens is 180 g/mol. The molecule has 0 aromatic carbocycles. The number of rotatable bonds is 0. The zero-order chi connectivity index (χ0) is 10.8. The molecule has 0 spiro atoms. The fourth-order valence-corrected chi connectivity index (χ4v) is 1.34. The fraction of sp³-hybridized carbons (Fsp3) is 0.800. The summed E-state index contributed by atoms with van der Waals surface area (Å²) in [6.45, 7) is 13.5. The van der Waals surface area contributed by atoms with Crippen LogP contribution in [0.15, 0.2) is 0 Å². The second-order valence-electron chi connectivity index (χ2n) is 4.50. The first-order valence-electron chi connectivity index (χ1n) is 4.77. The van der Waals surface area contributed by atoms with Gasteiger partial charge >= 0.3 is 6.09 Å². The van der Waals surface area contributed by atoms with Crippen LogP contribution in [0.25, 0.3) is 4.85 Å². The number of ether oxygens (including phenoxy) is 1. The molecule has 0 N–H and O–H groups in total. The third-order valence-corrected chi connectivity index (χ3v) is 2.00. The van der Waals surface area contributed by atoms with E-state index in [0.717, 1.165) is 6.42 Å². The van der Waals surface area contributed by atoms with Crippen molar-refractivity contribution in [1.29, 1.82) is 0 Å². The number of likely N-dealkylation sites (tertiary alicyclic amines) is 1. The molecule has 1 heterocycles. The molecule has 1 aliphatic heterocycles. The molecule has 1 aliphatic rings. The molecule has 0 bridgehead atoms. The summed E-state index contributed by atoms with van der Waals surface area (Å²) in [5, 5.41) is 0. The molecule has 0 radical (unpaired) electrons. The predicted molar refractivity (Wildman–Crippen MR) is 52.8 cm³/mol. The average Bonchev–Trinajstić information content (AvgIpc) is 2.48. The number of amides is 1. The van der Waals surface area contributed by atoms with Gasteiger partial charge in [-0.1, -0.05) is 0 Å². The van der Waals surface area contributed by atoms with Gasteiger partial charge in [-0.05, 0) is 20.8 Å². The molecule has 0 unspecified atom stereocenters. The normalized spacial score (nSPS) is 21.9. The lowest BCUT2D eigenvalue weighted by Gasteiger charge is -2.23. The summed E-state index contributed by atoms with van der Waals surface area (Å²) >= 11 is 0. The van der Waals surface area contributed by atoms with Crippen molar-refractivity contribution < 1.29 is 9.53 Å². The Morgan fingerprint density at radius 1 is 1.57 bits per heavy atom. The van der Waals surface area contributed by atoms with Crippen molar-refractivity contribution in [2.45, 2.75) is 38.8 Å². The Kier molecular flexibility index (Phi) is 3.00. The highest BCUT2D eigenvalue weighted by atomic mass is 16.6. The summed E-state index contributed by atoms with van der Waals surface area (Å²) in [4.78, 5) is 16.5. The standard InChI is InChI=1S/C10H16N2O2/c1-10(2,3)14-9(13)12-6-5-8(7-12)11-4/h8H,5-7H2,1-3H3/t8-/m1/s1. The first-order valence-corrected chi connectivity index (χ1v) is 4.77. The van der Waals surface area contributed by atoms with Crippen LogP contribution >= 0.6 is 0 Å². The number of carbonyl (C=O) groups is 1. The molecule has 1 rings (SSSR count). The monoisotopic (exact) mass is 196 g/mol. The molecule has 4 nitrogen and oxygen atoms in total.